The number of hydrogen-bond donors (Lipinski definition) is 0. The molecule has 2 atom stereocenters. The average molecular weight is 344 g/mol. The number of carbonyl (C=O) groups is 2. The molecule has 2 aromatic rings. The molecule has 0 radical (unpaired) electrons. The molecule has 1 aliphatic heterocycles. The molecular formula is C19H18ClNO3. The van der Waals surface area contributed by atoms with Crippen molar-refractivity contribution in [2.75, 3.05) is 11.5 Å². The quantitative estimate of drug-likeness (QED) is 0.623. The van der Waals surface area contributed by atoms with Crippen LogP contribution < -0.4 is 9.64 Å². The second-order valence-corrected chi connectivity index (χ2v) is 6.46. The molecule has 0 fully saturated rings. The third kappa shape index (κ3) is 3.02. The first-order valence-electron chi connectivity index (χ1n) is 7.81. The van der Waals surface area contributed by atoms with E-state index in [4.69, 9.17) is 16.3 Å². The third-order valence-electron chi connectivity index (χ3n) is 4.15. The van der Waals surface area contributed by atoms with Gasteiger partial charge in [-0.05, 0) is 37.6 Å². The SMILES string of the molecule is CC(Cl)C(=O)c1ccc2c(c1)N(C(C)c1ccccc1)C(=O)CO2. The van der Waals surface area contributed by atoms with Gasteiger partial charge in [-0.15, -0.1) is 11.6 Å². The number of halogens is 1. The van der Waals surface area contributed by atoms with Gasteiger partial charge in [-0.1, -0.05) is 30.3 Å². The van der Waals surface area contributed by atoms with Gasteiger partial charge < -0.3 is 4.74 Å². The Hall–Kier alpha value is -2.33. The molecular weight excluding hydrogens is 326 g/mol. The molecule has 0 saturated heterocycles. The lowest BCUT2D eigenvalue weighted by Crippen LogP contribution is -2.40. The summed E-state index contributed by atoms with van der Waals surface area (Å²) in [6.07, 6.45) is 0. The fourth-order valence-electron chi connectivity index (χ4n) is 2.86. The second kappa shape index (κ2) is 6.65. The number of ether oxygens (including phenoxy) is 1. The van der Waals surface area contributed by atoms with Crippen molar-refractivity contribution in [3.63, 3.8) is 0 Å². The van der Waals surface area contributed by atoms with E-state index >= 15 is 0 Å². The zero-order valence-electron chi connectivity index (χ0n) is 13.5. The van der Waals surface area contributed by atoms with Crippen LogP contribution in [0.15, 0.2) is 48.5 Å². The van der Waals surface area contributed by atoms with Crippen LogP contribution in [0.5, 0.6) is 5.75 Å². The third-order valence-corrected chi connectivity index (χ3v) is 4.35. The summed E-state index contributed by atoms with van der Waals surface area (Å²) in [7, 11) is 0. The lowest BCUT2D eigenvalue weighted by Gasteiger charge is -2.34. The van der Waals surface area contributed by atoms with Crippen LogP contribution in [0.25, 0.3) is 0 Å². The largest absolute Gasteiger partial charge is 0.482 e. The predicted octanol–water partition coefficient (Wildman–Crippen LogP) is 3.98. The van der Waals surface area contributed by atoms with Crippen molar-refractivity contribution < 1.29 is 14.3 Å². The number of carbonyl (C=O) groups excluding carboxylic acids is 2. The summed E-state index contributed by atoms with van der Waals surface area (Å²) in [6, 6.07) is 14.7. The van der Waals surface area contributed by atoms with Crippen LogP contribution in [0.4, 0.5) is 5.69 Å². The van der Waals surface area contributed by atoms with Gasteiger partial charge in [0.25, 0.3) is 5.91 Å². The van der Waals surface area contributed by atoms with Crippen LogP contribution in [-0.2, 0) is 4.79 Å². The Balaban J connectivity index is 2.04. The highest BCUT2D eigenvalue weighted by Gasteiger charge is 2.31. The van der Waals surface area contributed by atoms with Gasteiger partial charge in [-0.25, -0.2) is 0 Å². The van der Waals surface area contributed by atoms with Crippen molar-refractivity contribution in [3.8, 4) is 5.75 Å². The maximum absolute atomic E-state index is 12.5. The first-order chi connectivity index (χ1) is 11.5. The maximum Gasteiger partial charge on any atom is 0.265 e. The Morgan fingerprint density at radius 2 is 1.88 bits per heavy atom. The fourth-order valence-corrected chi connectivity index (χ4v) is 2.99. The van der Waals surface area contributed by atoms with Gasteiger partial charge >= 0.3 is 0 Å². The number of anilines is 1. The van der Waals surface area contributed by atoms with Crippen molar-refractivity contribution >= 4 is 29.0 Å². The number of Topliss-reactive ketones (excluding diaryl/α,β-unsaturated/α-hetero) is 1. The molecule has 4 nitrogen and oxygen atoms in total. The first kappa shape index (κ1) is 16.5. The van der Waals surface area contributed by atoms with E-state index in [1.54, 1.807) is 30.0 Å². The standard InChI is InChI=1S/C19H18ClNO3/c1-12(20)19(23)15-8-9-17-16(10-15)21(18(22)11-24-17)13(2)14-6-4-3-5-7-14/h3-10,12-13H,11H2,1-2H3. The van der Waals surface area contributed by atoms with E-state index in [1.165, 1.54) is 0 Å². The second-order valence-electron chi connectivity index (χ2n) is 5.80. The highest BCUT2D eigenvalue weighted by atomic mass is 35.5. The summed E-state index contributed by atoms with van der Waals surface area (Å²) < 4.78 is 5.51. The number of hydrogen-bond acceptors (Lipinski definition) is 3. The van der Waals surface area contributed by atoms with Gasteiger partial charge in [0.2, 0.25) is 0 Å². The van der Waals surface area contributed by atoms with Crippen molar-refractivity contribution in [2.45, 2.75) is 25.3 Å². The Bertz CT molecular complexity index is 773. The first-order valence-corrected chi connectivity index (χ1v) is 8.25. The molecule has 1 amide bonds. The Kier molecular flexibility index (Phi) is 4.58. The normalized spacial score (nSPS) is 16.1. The van der Waals surface area contributed by atoms with Crippen LogP contribution in [0, 0.1) is 0 Å². The summed E-state index contributed by atoms with van der Waals surface area (Å²) in [6.45, 7) is 3.58. The topological polar surface area (TPSA) is 46.6 Å². The van der Waals surface area contributed by atoms with E-state index in [-0.39, 0.29) is 24.3 Å². The molecule has 0 spiro atoms. The van der Waals surface area contributed by atoms with Crippen molar-refractivity contribution in [1.82, 2.24) is 0 Å². The Morgan fingerprint density at radius 1 is 1.17 bits per heavy atom. The molecule has 0 N–H and O–H groups in total. The van der Waals surface area contributed by atoms with Crippen molar-refractivity contribution in [1.29, 1.82) is 0 Å². The number of alkyl halides is 1. The van der Waals surface area contributed by atoms with Gasteiger partial charge in [0, 0.05) is 5.56 Å². The lowest BCUT2D eigenvalue weighted by molar-refractivity contribution is -0.121. The van der Waals surface area contributed by atoms with Gasteiger partial charge in [0.15, 0.2) is 12.4 Å². The molecule has 1 heterocycles. The zero-order valence-corrected chi connectivity index (χ0v) is 14.3. The van der Waals surface area contributed by atoms with Crippen LogP contribution in [0.1, 0.15) is 35.8 Å². The number of nitrogens with zero attached hydrogens (tertiary/aromatic N) is 1. The molecule has 2 aromatic carbocycles. The summed E-state index contributed by atoms with van der Waals surface area (Å²) >= 11 is 5.91. The molecule has 0 saturated carbocycles. The van der Waals surface area contributed by atoms with Crippen LogP contribution >= 0.6 is 11.6 Å². The van der Waals surface area contributed by atoms with E-state index in [1.807, 2.05) is 37.3 Å². The number of amides is 1. The Labute approximate surface area is 146 Å². The summed E-state index contributed by atoms with van der Waals surface area (Å²) in [4.78, 5) is 26.3. The number of benzene rings is 2. The van der Waals surface area contributed by atoms with E-state index in [0.29, 0.717) is 17.0 Å². The molecule has 2 unspecified atom stereocenters. The van der Waals surface area contributed by atoms with Crippen LogP contribution in [0.3, 0.4) is 0 Å². The summed E-state index contributed by atoms with van der Waals surface area (Å²) in [5.41, 5.74) is 2.09. The molecule has 3 rings (SSSR count). The lowest BCUT2D eigenvalue weighted by atomic mass is 10.0. The van der Waals surface area contributed by atoms with E-state index < -0.39 is 5.38 Å². The number of fused-ring (bicyclic) bond motifs is 1. The summed E-state index contributed by atoms with van der Waals surface area (Å²) in [5.74, 6) is 0.281. The molecule has 5 heteroatoms. The molecule has 124 valence electrons. The molecule has 24 heavy (non-hydrogen) atoms. The number of rotatable bonds is 4. The molecule has 1 aliphatic rings. The molecule has 0 bridgehead atoms. The zero-order chi connectivity index (χ0) is 17.3. The molecule has 0 aromatic heterocycles. The van der Waals surface area contributed by atoms with Gasteiger partial charge in [-0.3, -0.25) is 14.5 Å². The summed E-state index contributed by atoms with van der Waals surface area (Å²) in [5, 5.41) is -0.622. The van der Waals surface area contributed by atoms with Crippen molar-refractivity contribution in [3.05, 3.63) is 59.7 Å². The minimum Gasteiger partial charge on any atom is -0.482 e. The smallest absolute Gasteiger partial charge is 0.265 e. The Morgan fingerprint density at radius 3 is 2.54 bits per heavy atom. The van der Waals surface area contributed by atoms with E-state index in [9.17, 15) is 9.59 Å². The van der Waals surface area contributed by atoms with E-state index in [0.717, 1.165) is 5.56 Å². The monoisotopic (exact) mass is 343 g/mol. The number of ketones is 1. The highest BCUT2D eigenvalue weighted by Crippen LogP contribution is 2.38. The maximum atomic E-state index is 12.5. The average Bonchev–Trinajstić information content (AvgIpc) is 2.60. The van der Waals surface area contributed by atoms with Gasteiger partial charge in [0.05, 0.1) is 17.1 Å². The fraction of sp³-hybridized carbons (Fsp3) is 0.263. The van der Waals surface area contributed by atoms with Gasteiger partial charge in [0.1, 0.15) is 5.75 Å². The highest BCUT2D eigenvalue weighted by molar-refractivity contribution is 6.33. The van der Waals surface area contributed by atoms with Crippen LogP contribution in [0.2, 0.25) is 0 Å². The molecule has 0 aliphatic carbocycles. The van der Waals surface area contributed by atoms with Crippen molar-refractivity contribution in [2.24, 2.45) is 0 Å². The predicted molar refractivity (Wildman–Crippen MR) is 93.9 cm³/mol. The minimum absolute atomic E-state index is 0.0105. The minimum atomic E-state index is -0.622. The van der Waals surface area contributed by atoms with Gasteiger partial charge in [-0.2, -0.15) is 0 Å². The van der Waals surface area contributed by atoms with Crippen LogP contribution in [-0.4, -0.2) is 23.7 Å². The van der Waals surface area contributed by atoms with E-state index in [2.05, 4.69) is 0 Å².